The fraction of sp³-hybridized carbons (Fsp3) is 0.316. The molecule has 8 nitrogen and oxygen atoms in total. The highest BCUT2D eigenvalue weighted by molar-refractivity contribution is 6.07. The number of carbonyl (C=O) groups excluding carboxylic acids is 1. The highest BCUT2D eigenvalue weighted by Crippen LogP contribution is 2.29. The number of fused-ring (bicyclic) bond motifs is 1. The van der Waals surface area contributed by atoms with Crippen molar-refractivity contribution in [3.05, 3.63) is 53.8 Å². The molecule has 3 rings (SSSR count). The minimum absolute atomic E-state index is 0.263. The van der Waals surface area contributed by atoms with Crippen LogP contribution in [0.15, 0.2) is 41.2 Å². The van der Waals surface area contributed by atoms with Gasteiger partial charge in [-0.1, -0.05) is 0 Å². The number of hydrogen-bond donors (Lipinski definition) is 3. The molecule has 0 saturated heterocycles. The number of rotatable bonds is 7. The Bertz CT molecular complexity index is 935. The third-order valence-electron chi connectivity index (χ3n) is 4.21. The van der Waals surface area contributed by atoms with Crippen LogP contribution in [0.25, 0.3) is 11.0 Å². The van der Waals surface area contributed by atoms with Crippen LogP contribution in [-0.4, -0.2) is 44.8 Å². The summed E-state index contributed by atoms with van der Waals surface area (Å²) in [5.74, 6) is 0.557. The third kappa shape index (κ3) is 4.07. The molecule has 0 fully saturated rings. The average Bonchev–Trinajstić information content (AvgIpc) is 3.02. The van der Waals surface area contributed by atoms with E-state index in [1.807, 2.05) is 0 Å². The molecule has 0 radical (unpaired) electrons. The second-order valence-electron chi connectivity index (χ2n) is 6.51. The first-order chi connectivity index (χ1) is 13.0. The SMILES string of the molecule is Cc1oc2ccc(OCc3ccncn3)cc2c1C(=O)NC(C)(CO)CO. The molecule has 1 aromatic carbocycles. The molecule has 142 valence electrons. The lowest BCUT2D eigenvalue weighted by Crippen LogP contribution is -2.51. The van der Waals surface area contributed by atoms with Crippen molar-refractivity contribution in [3.63, 3.8) is 0 Å². The van der Waals surface area contributed by atoms with Crippen molar-refractivity contribution in [1.29, 1.82) is 0 Å². The summed E-state index contributed by atoms with van der Waals surface area (Å²) in [6, 6.07) is 6.95. The van der Waals surface area contributed by atoms with Crippen LogP contribution in [0.5, 0.6) is 5.75 Å². The molecule has 0 bridgehead atoms. The molecule has 27 heavy (non-hydrogen) atoms. The lowest BCUT2D eigenvalue weighted by Gasteiger charge is -2.26. The van der Waals surface area contributed by atoms with Gasteiger partial charge in [-0.05, 0) is 38.1 Å². The Morgan fingerprint density at radius 1 is 1.30 bits per heavy atom. The van der Waals surface area contributed by atoms with Gasteiger partial charge in [0.15, 0.2) is 0 Å². The van der Waals surface area contributed by atoms with E-state index in [-0.39, 0.29) is 6.61 Å². The summed E-state index contributed by atoms with van der Waals surface area (Å²) in [5, 5.41) is 22.1. The second kappa shape index (κ2) is 7.73. The summed E-state index contributed by atoms with van der Waals surface area (Å²) < 4.78 is 11.4. The van der Waals surface area contributed by atoms with Crippen molar-refractivity contribution in [2.24, 2.45) is 0 Å². The van der Waals surface area contributed by atoms with Gasteiger partial charge in [-0.15, -0.1) is 0 Å². The van der Waals surface area contributed by atoms with Crippen LogP contribution in [0.2, 0.25) is 0 Å². The smallest absolute Gasteiger partial charge is 0.256 e. The van der Waals surface area contributed by atoms with E-state index in [0.29, 0.717) is 28.0 Å². The first kappa shape index (κ1) is 18.8. The Labute approximate surface area is 155 Å². The minimum atomic E-state index is -1.13. The molecule has 8 heteroatoms. The number of furan rings is 1. The van der Waals surface area contributed by atoms with Gasteiger partial charge in [0, 0.05) is 11.6 Å². The van der Waals surface area contributed by atoms with Crippen molar-refractivity contribution < 1.29 is 24.2 Å². The van der Waals surface area contributed by atoms with Crippen molar-refractivity contribution in [3.8, 4) is 5.75 Å². The molecule has 0 atom stereocenters. The quantitative estimate of drug-likeness (QED) is 0.577. The van der Waals surface area contributed by atoms with Crippen LogP contribution < -0.4 is 10.1 Å². The molecule has 3 N–H and O–H groups in total. The van der Waals surface area contributed by atoms with Gasteiger partial charge in [0.25, 0.3) is 5.91 Å². The normalized spacial score (nSPS) is 11.6. The van der Waals surface area contributed by atoms with Gasteiger partial charge in [-0.2, -0.15) is 0 Å². The Hall–Kier alpha value is -2.97. The van der Waals surface area contributed by atoms with Gasteiger partial charge in [-0.25, -0.2) is 9.97 Å². The van der Waals surface area contributed by atoms with Crippen molar-refractivity contribution in [1.82, 2.24) is 15.3 Å². The van der Waals surface area contributed by atoms with Crippen molar-refractivity contribution in [2.45, 2.75) is 26.0 Å². The maximum absolute atomic E-state index is 12.7. The fourth-order valence-corrected chi connectivity index (χ4v) is 2.60. The van der Waals surface area contributed by atoms with Crippen LogP contribution in [-0.2, 0) is 6.61 Å². The van der Waals surface area contributed by atoms with E-state index in [4.69, 9.17) is 9.15 Å². The molecule has 2 aromatic heterocycles. The van der Waals surface area contributed by atoms with E-state index in [1.165, 1.54) is 6.33 Å². The van der Waals surface area contributed by atoms with E-state index in [0.717, 1.165) is 5.69 Å². The number of carbonyl (C=O) groups is 1. The summed E-state index contributed by atoms with van der Waals surface area (Å²) in [6.07, 6.45) is 3.08. The van der Waals surface area contributed by atoms with Crippen molar-refractivity contribution in [2.75, 3.05) is 13.2 Å². The van der Waals surface area contributed by atoms with Crippen molar-refractivity contribution >= 4 is 16.9 Å². The Kier molecular flexibility index (Phi) is 5.38. The number of aryl methyl sites for hydroxylation is 1. The summed E-state index contributed by atoms with van der Waals surface area (Å²) in [5.41, 5.74) is 0.481. The second-order valence-corrected chi connectivity index (χ2v) is 6.51. The lowest BCUT2D eigenvalue weighted by molar-refractivity contribution is 0.0723. The number of nitrogens with one attached hydrogen (secondary N) is 1. The molecule has 0 spiro atoms. The maximum atomic E-state index is 12.7. The molecule has 0 unspecified atom stereocenters. The van der Waals surface area contributed by atoms with Gasteiger partial charge >= 0.3 is 0 Å². The summed E-state index contributed by atoms with van der Waals surface area (Å²) in [4.78, 5) is 20.7. The fourth-order valence-electron chi connectivity index (χ4n) is 2.60. The molecule has 0 aliphatic carbocycles. The number of amides is 1. The molecule has 0 aliphatic heterocycles. The molecule has 1 amide bonds. The largest absolute Gasteiger partial charge is 0.487 e. The summed E-state index contributed by atoms with van der Waals surface area (Å²) >= 11 is 0. The zero-order valence-corrected chi connectivity index (χ0v) is 15.1. The third-order valence-corrected chi connectivity index (χ3v) is 4.21. The number of hydrogen-bond acceptors (Lipinski definition) is 7. The number of ether oxygens (including phenoxy) is 1. The lowest BCUT2D eigenvalue weighted by atomic mass is 10.0. The zero-order chi connectivity index (χ0) is 19.4. The van der Waals surface area contributed by atoms with E-state index >= 15 is 0 Å². The number of aliphatic hydroxyl groups is 2. The number of aromatic nitrogens is 2. The number of nitrogens with zero attached hydrogens (tertiary/aromatic N) is 2. The topological polar surface area (TPSA) is 118 Å². The average molecular weight is 371 g/mol. The van der Waals surface area contributed by atoms with Gasteiger partial charge in [0.05, 0.1) is 30.0 Å². The monoisotopic (exact) mass is 371 g/mol. The van der Waals surface area contributed by atoms with Crippen LogP contribution in [0, 0.1) is 6.92 Å². The number of benzene rings is 1. The maximum Gasteiger partial charge on any atom is 0.256 e. The first-order valence-electron chi connectivity index (χ1n) is 8.41. The predicted octanol–water partition coefficient (Wildman–Crippen LogP) is 1.58. The summed E-state index contributed by atoms with van der Waals surface area (Å²) in [6.45, 7) is 2.72. The molecular formula is C19H21N3O5. The van der Waals surface area contributed by atoms with Gasteiger partial charge in [0.1, 0.15) is 30.0 Å². The molecule has 0 saturated carbocycles. The van der Waals surface area contributed by atoms with Gasteiger partial charge < -0.3 is 24.7 Å². The van der Waals surface area contributed by atoms with E-state index in [2.05, 4.69) is 15.3 Å². The van der Waals surface area contributed by atoms with Crippen LogP contribution in [0.1, 0.15) is 28.7 Å². The first-order valence-corrected chi connectivity index (χ1v) is 8.41. The minimum Gasteiger partial charge on any atom is -0.487 e. The van der Waals surface area contributed by atoms with Gasteiger partial charge in [-0.3, -0.25) is 4.79 Å². The Morgan fingerprint density at radius 2 is 2.07 bits per heavy atom. The number of aliphatic hydroxyl groups excluding tert-OH is 2. The van der Waals surface area contributed by atoms with Crippen LogP contribution >= 0.6 is 0 Å². The van der Waals surface area contributed by atoms with E-state index in [9.17, 15) is 15.0 Å². The van der Waals surface area contributed by atoms with Gasteiger partial charge in [0.2, 0.25) is 0 Å². The molecular weight excluding hydrogens is 350 g/mol. The van der Waals surface area contributed by atoms with E-state index < -0.39 is 24.7 Å². The Balaban J connectivity index is 1.87. The molecule has 0 aliphatic rings. The highest BCUT2D eigenvalue weighted by atomic mass is 16.5. The molecule has 3 aromatic rings. The highest BCUT2D eigenvalue weighted by Gasteiger charge is 2.28. The summed E-state index contributed by atoms with van der Waals surface area (Å²) in [7, 11) is 0. The molecule has 2 heterocycles. The van der Waals surface area contributed by atoms with E-state index in [1.54, 1.807) is 44.3 Å². The Morgan fingerprint density at radius 3 is 2.74 bits per heavy atom. The van der Waals surface area contributed by atoms with Crippen LogP contribution in [0.4, 0.5) is 0 Å². The standard InChI is InChI=1S/C19H21N3O5/c1-12-17(18(25)22-19(2,9-23)10-24)15-7-14(3-4-16(15)27-12)26-8-13-5-6-20-11-21-13/h3-7,11,23-24H,8-10H2,1-2H3,(H,22,25). The zero-order valence-electron chi connectivity index (χ0n) is 15.1. The van der Waals surface area contributed by atoms with Crippen LogP contribution in [0.3, 0.4) is 0 Å². The predicted molar refractivity (Wildman–Crippen MR) is 97.4 cm³/mol.